The number of methoxy groups -OCH3 is 1. The van der Waals surface area contributed by atoms with Gasteiger partial charge in [-0.25, -0.2) is 0 Å². The SMILES string of the molecule is COc1ccccc1CNC(=O)c1ccc(CNC(=O)c2ccccc2)cc1. The summed E-state index contributed by atoms with van der Waals surface area (Å²) in [6.07, 6.45) is 0. The first kappa shape index (κ1) is 19.2. The van der Waals surface area contributed by atoms with Crippen molar-refractivity contribution in [1.29, 1.82) is 0 Å². The lowest BCUT2D eigenvalue weighted by atomic mass is 10.1. The Kier molecular flexibility index (Phi) is 6.41. The van der Waals surface area contributed by atoms with Crippen LogP contribution in [-0.2, 0) is 13.1 Å². The molecule has 0 aliphatic heterocycles. The van der Waals surface area contributed by atoms with Crippen molar-refractivity contribution in [2.45, 2.75) is 13.1 Å². The molecule has 0 heterocycles. The minimum absolute atomic E-state index is 0.126. The quantitative estimate of drug-likeness (QED) is 0.665. The Morgan fingerprint density at radius 3 is 1.96 bits per heavy atom. The van der Waals surface area contributed by atoms with Gasteiger partial charge in [-0.3, -0.25) is 9.59 Å². The fourth-order valence-electron chi connectivity index (χ4n) is 2.77. The topological polar surface area (TPSA) is 67.4 Å². The molecule has 142 valence electrons. The van der Waals surface area contributed by atoms with E-state index in [2.05, 4.69) is 10.6 Å². The molecule has 0 aromatic heterocycles. The zero-order valence-electron chi connectivity index (χ0n) is 15.6. The highest BCUT2D eigenvalue weighted by molar-refractivity contribution is 5.94. The minimum atomic E-state index is -0.161. The normalized spacial score (nSPS) is 10.2. The highest BCUT2D eigenvalue weighted by atomic mass is 16.5. The molecule has 2 amide bonds. The van der Waals surface area contributed by atoms with E-state index < -0.39 is 0 Å². The van der Waals surface area contributed by atoms with Crippen molar-refractivity contribution < 1.29 is 14.3 Å². The molecule has 28 heavy (non-hydrogen) atoms. The van der Waals surface area contributed by atoms with Gasteiger partial charge in [0.25, 0.3) is 11.8 Å². The molecule has 0 bridgehead atoms. The molecule has 0 saturated carbocycles. The van der Waals surface area contributed by atoms with Crippen LogP contribution in [0.4, 0.5) is 0 Å². The number of amides is 2. The first-order valence-corrected chi connectivity index (χ1v) is 8.99. The van der Waals surface area contributed by atoms with Gasteiger partial charge in [0, 0.05) is 29.8 Å². The lowest BCUT2D eigenvalue weighted by Gasteiger charge is -2.10. The zero-order valence-corrected chi connectivity index (χ0v) is 15.6. The molecule has 0 aliphatic rings. The van der Waals surface area contributed by atoms with Crippen LogP contribution in [0.25, 0.3) is 0 Å². The van der Waals surface area contributed by atoms with Gasteiger partial charge in [-0.1, -0.05) is 48.5 Å². The number of para-hydroxylation sites is 1. The van der Waals surface area contributed by atoms with Gasteiger partial charge in [-0.2, -0.15) is 0 Å². The van der Waals surface area contributed by atoms with Gasteiger partial charge in [0.1, 0.15) is 5.75 Å². The zero-order chi connectivity index (χ0) is 19.8. The van der Waals surface area contributed by atoms with Crippen molar-refractivity contribution in [3.63, 3.8) is 0 Å². The number of hydrogen-bond acceptors (Lipinski definition) is 3. The molecule has 0 spiro atoms. The summed E-state index contributed by atoms with van der Waals surface area (Å²) in [7, 11) is 1.61. The molecule has 0 unspecified atom stereocenters. The molecule has 0 radical (unpaired) electrons. The summed E-state index contributed by atoms with van der Waals surface area (Å²) in [4.78, 5) is 24.4. The largest absolute Gasteiger partial charge is 0.496 e. The summed E-state index contributed by atoms with van der Waals surface area (Å²) in [5.74, 6) is 0.456. The van der Waals surface area contributed by atoms with E-state index in [4.69, 9.17) is 4.74 Å². The lowest BCUT2D eigenvalue weighted by molar-refractivity contribution is 0.0941. The van der Waals surface area contributed by atoms with E-state index in [0.717, 1.165) is 16.9 Å². The van der Waals surface area contributed by atoms with Crippen LogP contribution in [0.15, 0.2) is 78.9 Å². The molecule has 0 aliphatic carbocycles. The van der Waals surface area contributed by atoms with Crippen LogP contribution >= 0.6 is 0 Å². The average molecular weight is 374 g/mol. The Balaban J connectivity index is 1.53. The van der Waals surface area contributed by atoms with E-state index in [1.165, 1.54) is 0 Å². The molecule has 5 nitrogen and oxygen atoms in total. The third-order valence-electron chi connectivity index (χ3n) is 4.34. The number of rotatable bonds is 7. The number of nitrogens with one attached hydrogen (secondary N) is 2. The summed E-state index contributed by atoms with van der Waals surface area (Å²) in [5.41, 5.74) is 3.02. The Labute approximate surface area is 164 Å². The van der Waals surface area contributed by atoms with Gasteiger partial charge in [-0.05, 0) is 35.9 Å². The van der Waals surface area contributed by atoms with E-state index in [1.54, 1.807) is 31.4 Å². The van der Waals surface area contributed by atoms with Gasteiger partial charge in [-0.15, -0.1) is 0 Å². The van der Waals surface area contributed by atoms with Crippen molar-refractivity contribution >= 4 is 11.8 Å². The molecule has 0 atom stereocenters. The Morgan fingerprint density at radius 2 is 1.29 bits per heavy atom. The van der Waals surface area contributed by atoms with E-state index in [-0.39, 0.29) is 11.8 Å². The monoisotopic (exact) mass is 374 g/mol. The van der Waals surface area contributed by atoms with Crippen molar-refractivity contribution in [1.82, 2.24) is 10.6 Å². The van der Waals surface area contributed by atoms with Crippen LogP contribution in [0.5, 0.6) is 5.75 Å². The summed E-state index contributed by atoms with van der Waals surface area (Å²) in [6.45, 7) is 0.786. The van der Waals surface area contributed by atoms with Crippen LogP contribution < -0.4 is 15.4 Å². The number of hydrogen-bond donors (Lipinski definition) is 2. The van der Waals surface area contributed by atoms with Crippen LogP contribution in [0, 0.1) is 0 Å². The predicted octanol–water partition coefficient (Wildman–Crippen LogP) is 3.56. The summed E-state index contributed by atoms with van der Waals surface area (Å²) >= 11 is 0. The molecule has 3 aromatic rings. The maximum Gasteiger partial charge on any atom is 0.251 e. The number of carbonyl (C=O) groups is 2. The third-order valence-corrected chi connectivity index (χ3v) is 4.34. The van der Waals surface area contributed by atoms with Crippen molar-refractivity contribution in [3.05, 3.63) is 101 Å². The molecule has 3 rings (SSSR count). The molecule has 0 fully saturated rings. The second-order valence-corrected chi connectivity index (χ2v) is 6.24. The summed E-state index contributed by atoms with van der Waals surface area (Å²) < 4.78 is 5.29. The van der Waals surface area contributed by atoms with E-state index in [9.17, 15) is 9.59 Å². The average Bonchev–Trinajstić information content (AvgIpc) is 2.77. The maximum atomic E-state index is 12.4. The molecule has 5 heteroatoms. The predicted molar refractivity (Wildman–Crippen MR) is 108 cm³/mol. The van der Waals surface area contributed by atoms with Crippen molar-refractivity contribution in [3.8, 4) is 5.75 Å². The van der Waals surface area contributed by atoms with Crippen LogP contribution in [0.2, 0.25) is 0 Å². The lowest BCUT2D eigenvalue weighted by Crippen LogP contribution is -2.24. The van der Waals surface area contributed by atoms with E-state index in [1.807, 2.05) is 54.6 Å². The van der Waals surface area contributed by atoms with Crippen LogP contribution in [-0.4, -0.2) is 18.9 Å². The third kappa shape index (κ3) is 4.98. The molecular formula is C23H22N2O3. The molecule has 3 aromatic carbocycles. The summed E-state index contributed by atoms with van der Waals surface area (Å²) in [6, 6.07) is 23.8. The second-order valence-electron chi connectivity index (χ2n) is 6.24. The van der Waals surface area contributed by atoms with Crippen molar-refractivity contribution in [2.75, 3.05) is 7.11 Å². The van der Waals surface area contributed by atoms with Crippen LogP contribution in [0.3, 0.4) is 0 Å². The Bertz CT molecular complexity index is 938. The number of carbonyl (C=O) groups excluding carboxylic acids is 2. The Morgan fingerprint density at radius 1 is 0.714 bits per heavy atom. The summed E-state index contributed by atoms with van der Waals surface area (Å²) in [5, 5.41) is 5.76. The molecule has 0 saturated heterocycles. The fraction of sp³-hybridized carbons (Fsp3) is 0.130. The number of benzene rings is 3. The second kappa shape index (κ2) is 9.37. The van der Waals surface area contributed by atoms with Gasteiger partial charge in [0.05, 0.1) is 7.11 Å². The molecule has 2 N–H and O–H groups in total. The minimum Gasteiger partial charge on any atom is -0.496 e. The standard InChI is InChI=1S/C23H22N2O3/c1-28-21-10-6-5-9-20(21)16-25-23(27)19-13-11-17(12-14-19)15-24-22(26)18-7-3-2-4-8-18/h2-14H,15-16H2,1H3,(H,24,26)(H,25,27). The van der Waals surface area contributed by atoms with Crippen molar-refractivity contribution in [2.24, 2.45) is 0 Å². The maximum absolute atomic E-state index is 12.4. The van der Waals surface area contributed by atoms with E-state index >= 15 is 0 Å². The Hall–Kier alpha value is -3.60. The van der Waals surface area contributed by atoms with E-state index in [0.29, 0.717) is 24.2 Å². The van der Waals surface area contributed by atoms with Gasteiger partial charge in [0.2, 0.25) is 0 Å². The first-order chi connectivity index (χ1) is 13.7. The smallest absolute Gasteiger partial charge is 0.251 e. The van der Waals surface area contributed by atoms with Crippen LogP contribution in [0.1, 0.15) is 31.8 Å². The van der Waals surface area contributed by atoms with Gasteiger partial charge in [0.15, 0.2) is 0 Å². The number of ether oxygens (including phenoxy) is 1. The highest BCUT2D eigenvalue weighted by Crippen LogP contribution is 2.17. The fourth-order valence-corrected chi connectivity index (χ4v) is 2.77. The van der Waals surface area contributed by atoms with Gasteiger partial charge < -0.3 is 15.4 Å². The van der Waals surface area contributed by atoms with Gasteiger partial charge >= 0.3 is 0 Å². The molecular weight excluding hydrogens is 352 g/mol. The first-order valence-electron chi connectivity index (χ1n) is 8.99. The highest BCUT2D eigenvalue weighted by Gasteiger charge is 2.08.